The van der Waals surface area contributed by atoms with Crippen LogP contribution in [0.4, 0.5) is 5.69 Å². The van der Waals surface area contributed by atoms with Crippen LogP contribution in [0.5, 0.6) is 0 Å². The molecule has 0 fully saturated rings. The molecular weight excluding hydrogens is 268 g/mol. The van der Waals surface area contributed by atoms with Gasteiger partial charge < -0.3 is 5.32 Å². The summed E-state index contributed by atoms with van der Waals surface area (Å²) in [4.78, 5) is 16.7. The highest BCUT2D eigenvalue weighted by atomic mass is 35.5. The van der Waals surface area contributed by atoms with Crippen LogP contribution in [-0.2, 0) is 4.79 Å². The van der Waals surface area contributed by atoms with Crippen molar-refractivity contribution in [3.63, 3.8) is 0 Å². The van der Waals surface area contributed by atoms with E-state index in [1.165, 1.54) is 11.8 Å². The van der Waals surface area contributed by atoms with E-state index in [1.807, 2.05) is 30.3 Å². The van der Waals surface area contributed by atoms with Crippen molar-refractivity contribution in [3.8, 4) is 0 Å². The van der Waals surface area contributed by atoms with Crippen molar-refractivity contribution in [1.82, 2.24) is 4.98 Å². The third-order valence-electron chi connectivity index (χ3n) is 2.15. The highest BCUT2D eigenvalue weighted by Crippen LogP contribution is 2.20. The van der Waals surface area contributed by atoms with Crippen molar-refractivity contribution < 1.29 is 4.79 Å². The van der Waals surface area contributed by atoms with E-state index < -0.39 is 0 Å². The Morgan fingerprint density at radius 3 is 2.72 bits per heavy atom. The number of hydrogen-bond donors (Lipinski definition) is 1. The number of nitrogens with one attached hydrogen (secondary N) is 1. The van der Waals surface area contributed by atoms with Gasteiger partial charge in [-0.15, -0.1) is 11.8 Å². The normalized spacial score (nSPS) is 10.1. The fraction of sp³-hybridized carbons (Fsp3) is 0.0769. The lowest BCUT2D eigenvalue weighted by Crippen LogP contribution is -2.14. The molecule has 0 saturated carbocycles. The first-order valence-corrected chi connectivity index (χ1v) is 6.70. The van der Waals surface area contributed by atoms with Gasteiger partial charge in [0.25, 0.3) is 0 Å². The maximum atomic E-state index is 11.7. The van der Waals surface area contributed by atoms with E-state index in [1.54, 1.807) is 18.3 Å². The van der Waals surface area contributed by atoms with Crippen molar-refractivity contribution in [1.29, 1.82) is 0 Å². The van der Waals surface area contributed by atoms with E-state index in [2.05, 4.69) is 10.3 Å². The zero-order valence-electron chi connectivity index (χ0n) is 9.47. The van der Waals surface area contributed by atoms with Gasteiger partial charge in [-0.1, -0.05) is 29.8 Å². The summed E-state index contributed by atoms with van der Waals surface area (Å²) >= 11 is 7.33. The summed E-state index contributed by atoms with van der Waals surface area (Å²) in [6.07, 6.45) is 1.58. The Kier molecular flexibility index (Phi) is 4.61. The highest BCUT2D eigenvalue weighted by Gasteiger charge is 2.06. The van der Waals surface area contributed by atoms with E-state index >= 15 is 0 Å². The van der Waals surface area contributed by atoms with Crippen LogP contribution in [0.1, 0.15) is 0 Å². The molecule has 0 aliphatic carbocycles. The zero-order valence-corrected chi connectivity index (χ0v) is 11.0. The second-order valence-electron chi connectivity index (χ2n) is 3.49. The molecule has 1 aromatic heterocycles. The Morgan fingerprint density at radius 2 is 2.00 bits per heavy atom. The molecule has 2 rings (SSSR count). The molecule has 2 aromatic rings. The summed E-state index contributed by atoms with van der Waals surface area (Å²) < 4.78 is 0. The van der Waals surface area contributed by atoms with Gasteiger partial charge in [0.1, 0.15) is 0 Å². The monoisotopic (exact) mass is 278 g/mol. The van der Waals surface area contributed by atoms with E-state index in [0.717, 1.165) is 4.90 Å². The van der Waals surface area contributed by atoms with Crippen LogP contribution >= 0.6 is 23.4 Å². The van der Waals surface area contributed by atoms with Crippen LogP contribution in [0.3, 0.4) is 0 Å². The standard InChI is InChI=1S/C13H11ClN2OS/c14-13-11(7-4-8-15-13)16-12(17)9-18-10-5-2-1-3-6-10/h1-8H,9H2,(H,16,17). The predicted octanol–water partition coefficient (Wildman–Crippen LogP) is 3.47. The Labute approximate surface area is 115 Å². The van der Waals surface area contributed by atoms with Crippen LogP contribution in [0.2, 0.25) is 5.15 Å². The Morgan fingerprint density at radius 1 is 1.22 bits per heavy atom. The van der Waals surface area contributed by atoms with E-state index in [0.29, 0.717) is 16.6 Å². The van der Waals surface area contributed by atoms with Gasteiger partial charge in [0.2, 0.25) is 5.91 Å². The quantitative estimate of drug-likeness (QED) is 0.688. The Balaban J connectivity index is 1.88. The number of halogens is 1. The van der Waals surface area contributed by atoms with Gasteiger partial charge >= 0.3 is 0 Å². The minimum atomic E-state index is -0.0984. The molecule has 0 bridgehead atoms. The average molecular weight is 279 g/mol. The SMILES string of the molecule is O=C(CSc1ccccc1)Nc1cccnc1Cl. The average Bonchev–Trinajstić information content (AvgIpc) is 2.40. The molecule has 92 valence electrons. The minimum Gasteiger partial charge on any atom is -0.323 e. The number of rotatable bonds is 4. The first-order chi connectivity index (χ1) is 8.75. The van der Waals surface area contributed by atoms with Crippen LogP contribution in [-0.4, -0.2) is 16.6 Å². The van der Waals surface area contributed by atoms with E-state index in [-0.39, 0.29) is 5.91 Å². The lowest BCUT2D eigenvalue weighted by molar-refractivity contribution is -0.113. The molecule has 3 nitrogen and oxygen atoms in total. The predicted molar refractivity (Wildman–Crippen MR) is 75.0 cm³/mol. The van der Waals surface area contributed by atoms with Crippen LogP contribution in [0.25, 0.3) is 0 Å². The van der Waals surface area contributed by atoms with Crippen LogP contribution in [0.15, 0.2) is 53.6 Å². The molecule has 0 unspecified atom stereocenters. The molecular formula is C13H11ClN2OS. The van der Waals surface area contributed by atoms with Crippen molar-refractivity contribution in [2.75, 3.05) is 11.1 Å². The molecule has 0 aliphatic heterocycles. The molecule has 1 N–H and O–H groups in total. The van der Waals surface area contributed by atoms with Gasteiger partial charge in [-0.25, -0.2) is 4.98 Å². The van der Waals surface area contributed by atoms with Crippen LogP contribution < -0.4 is 5.32 Å². The van der Waals surface area contributed by atoms with Crippen LogP contribution in [0, 0.1) is 0 Å². The molecule has 0 atom stereocenters. The molecule has 18 heavy (non-hydrogen) atoms. The highest BCUT2D eigenvalue weighted by molar-refractivity contribution is 8.00. The third-order valence-corrected chi connectivity index (χ3v) is 3.46. The number of carbonyl (C=O) groups excluding carboxylic acids is 1. The number of nitrogens with zero attached hydrogens (tertiary/aromatic N) is 1. The first-order valence-electron chi connectivity index (χ1n) is 5.34. The molecule has 0 spiro atoms. The lowest BCUT2D eigenvalue weighted by Gasteiger charge is -2.05. The lowest BCUT2D eigenvalue weighted by atomic mass is 10.4. The molecule has 0 saturated heterocycles. The van der Waals surface area contributed by atoms with Gasteiger partial charge in [0.15, 0.2) is 5.15 Å². The molecule has 1 aromatic carbocycles. The Bertz CT molecular complexity index is 534. The summed E-state index contributed by atoms with van der Waals surface area (Å²) in [6, 6.07) is 13.2. The van der Waals surface area contributed by atoms with Gasteiger partial charge in [0.05, 0.1) is 11.4 Å². The summed E-state index contributed by atoms with van der Waals surface area (Å²) in [5.74, 6) is 0.244. The minimum absolute atomic E-state index is 0.0984. The Hall–Kier alpha value is -1.52. The molecule has 0 radical (unpaired) electrons. The number of thioether (sulfide) groups is 1. The number of anilines is 1. The summed E-state index contributed by atoms with van der Waals surface area (Å²) in [7, 11) is 0. The molecule has 1 amide bonds. The van der Waals surface area contributed by atoms with Crippen molar-refractivity contribution >= 4 is 35.0 Å². The van der Waals surface area contributed by atoms with Gasteiger partial charge in [0, 0.05) is 11.1 Å². The van der Waals surface area contributed by atoms with Gasteiger partial charge in [-0.3, -0.25) is 4.79 Å². The zero-order chi connectivity index (χ0) is 12.8. The topological polar surface area (TPSA) is 42.0 Å². The fourth-order valence-corrected chi connectivity index (χ4v) is 2.22. The molecule has 1 heterocycles. The smallest absolute Gasteiger partial charge is 0.234 e. The number of aromatic nitrogens is 1. The maximum absolute atomic E-state index is 11.7. The van der Waals surface area contributed by atoms with E-state index in [9.17, 15) is 4.79 Å². The molecule has 5 heteroatoms. The number of carbonyl (C=O) groups is 1. The number of amides is 1. The third kappa shape index (κ3) is 3.75. The largest absolute Gasteiger partial charge is 0.323 e. The number of benzene rings is 1. The van der Waals surface area contributed by atoms with Gasteiger partial charge in [-0.05, 0) is 24.3 Å². The molecule has 0 aliphatic rings. The van der Waals surface area contributed by atoms with Crippen molar-refractivity contribution in [2.24, 2.45) is 0 Å². The van der Waals surface area contributed by atoms with Crippen molar-refractivity contribution in [2.45, 2.75) is 4.90 Å². The maximum Gasteiger partial charge on any atom is 0.234 e. The summed E-state index contributed by atoms with van der Waals surface area (Å²) in [5.41, 5.74) is 0.540. The number of hydrogen-bond acceptors (Lipinski definition) is 3. The second kappa shape index (κ2) is 6.42. The summed E-state index contributed by atoms with van der Waals surface area (Å²) in [5, 5.41) is 3.03. The van der Waals surface area contributed by atoms with Crippen molar-refractivity contribution in [3.05, 3.63) is 53.8 Å². The second-order valence-corrected chi connectivity index (χ2v) is 4.90. The first kappa shape index (κ1) is 12.9. The summed E-state index contributed by atoms with van der Waals surface area (Å²) in [6.45, 7) is 0. The number of pyridine rings is 1. The van der Waals surface area contributed by atoms with E-state index in [4.69, 9.17) is 11.6 Å². The van der Waals surface area contributed by atoms with Gasteiger partial charge in [-0.2, -0.15) is 0 Å². The fourth-order valence-electron chi connectivity index (χ4n) is 1.33.